The van der Waals surface area contributed by atoms with Gasteiger partial charge in [-0.3, -0.25) is 4.90 Å². The van der Waals surface area contributed by atoms with E-state index in [1.54, 1.807) is 5.57 Å². The molecule has 3 unspecified atom stereocenters. The van der Waals surface area contributed by atoms with Crippen molar-refractivity contribution in [1.29, 1.82) is 0 Å². The monoisotopic (exact) mass is 358 g/mol. The van der Waals surface area contributed by atoms with E-state index in [0.717, 1.165) is 29.7 Å². The van der Waals surface area contributed by atoms with Crippen LogP contribution in [0.1, 0.15) is 72.6 Å². The molecule has 1 aliphatic heterocycles. The molecule has 0 aromatic rings. The van der Waals surface area contributed by atoms with Gasteiger partial charge in [0.25, 0.3) is 0 Å². The number of carboxylic acids is 1. The molecule has 4 aliphatic rings. The van der Waals surface area contributed by atoms with E-state index in [2.05, 4.69) is 40.0 Å². The van der Waals surface area contributed by atoms with Gasteiger partial charge in [0.1, 0.15) is 6.54 Å². The van der Waals surface area contributed by atoms with Crippen LogP contribution in [0.4, 0.5) is 0 Å². The number of allylic oxidation sites excluding steroid dienone is 2. The standard InChI is InChI=1S/C23H35NO2/c1-21(2)10-5-11-23(4)18(21)8-12-22(3)17-9-13-24(15-20(25)26)14-16(17)6-7-19(22)23/h9,14,18-19H,5-8,10-13,15H2,1-4H3,(H,25,26)/p+1/t18?,19?,22-,23-/m0/s1. The Morgan fingerprint density at radius 2 is 1.92 bits per heavy atom. The molecular weight excluding hydrogens is 322 g/mol. The van der Waals surface area contributed by atoms with Gasteiger partial charge in [0, 0.05) is 5.57 Å². The second-order valence-corrected chi connectivity index (χ2v) is 10.7. The van der Waals surface area contributed by atoms with Crippen molar-refractivity contribution in [2.24, 2.45) is 28.1 Å². The minimum atomic E-state index is -0.703. The smallest absolute Gasteiger partial charge is 0.359 e. The SMILES string of the molecule is CC1(C)CCC[C@@]2(C)C1CC[C@@]1(C)C3=CC[NH+](CC(=O)O)C=C3CCC21. The van der Waals surface area contributed by atoms with Crippen LogP contribution >= 0.6 is 0 Å². The first-order valence-electron chi connectivity index (χ1n) is 10.6. The molecule has 0 amide bonds. The average Bonchev–Trinajstić information content (AvgIpc) is 2.52. The summed E-state index contributed by atoms with van der Waals surface area (Å²) in [4.78, 5) is 12.2. The normalized spacial score (nSPS) is 44.1. The van der Waals surface area contributed by atoms with Crippen molar-refractivity contribution in [2.45, 2.75) is 72.6 Å². The molecule has 144 valence electrons. The van der Waals surface area contributed by atoms with E-state index in [1.807, 2.05) is 0 Å². The summed E-state index contributed by atoms with van der Waals surface area (Å²) < 4.78 is 0. The van der Waals surface area contributed by atoms with Crippen LogP contribution in [0, 0.1) is 28.1 Å². The number of rotatable bonds is 2. The fraction of sp³-hybridized carbons (Fsp3) is 0.783. The molecule has 0 saturated heterocycles. The molecule has 5 atom stereocenters. The predicted molar refractivity (Wildman–Crippen MR) is 104 cm³/mol. The Labute approximate surface area is 158 Å². The topological polar surface area (TPSA) is 41.7 Å². The fourth-order valence-corrected chi connectivity index (χ4v) is 7.79. The number of fused-ring (bicyclic) bond motifs is 5. The number of aliphatic carboxylic acids is 1. The highest BCUT2D eigenvalue weighted by Crippen LogP contribution is 2.68. The van der Waals surface area contributed by atoms with Crippen molar-refractivity contribution in [3.63, 3.8) is 0 Å². The molecule has 26 heavy (non-hydrogen) atoms. The van der Waals surface area contributed by atoms with Gasteiger partial charge in [0.15, 0.2) is 6.54 Å². The third kappa shape index (κ3) is 2.61. The number of nitrogens with one attached hydrogen (secondary N) is 1. The molecule has 2 N–H and O–H groups in total. The van der Waals surface area contributed by atoms with Gasteiger partial charge in [-0.2, -0.15) is 0 Å². The van der Waals surface area contributed by atoms with Crippen LogP contribution in [0.25, 0.3) is 0 Å². The molecule has 0 radical (unpaired) electrons. The van der Waals surface area contributed by atoms with Crippen LogP contribution in [0.5, 0.6) is 0 Å². The molecule has 3 heteroatoms. The molecule has 1 heterocycles. The molecular formula is C23H36NO2+. The zero-order chi connectivity index (χ0) is 18.7. The lowest BCUT2D eigenvalue weighted by Crippen LogP contribution is -3.09. The van der Waals surface area contributed by atoms with E-state index < -0.39 is 5.97 Å². The van der Waals surface area contributed by atoms with E-state index in [9.17, 15) is 4.79 Å². The van der Waals surface area contributed by atoms with E-state index >= 15 is 0 Å². The zero-order valence-electron chi connectivity index (χ0n) is 17.0. The number of hydrogen-bond acceptors (Lipinski definition) is 1. The fourth-order valence-electron chi connectivity index (χ4n) is 7.79. The van der Waals surface area contributed by atoms with Gasteiger partial charge in [0.05, 0.1) is 6.20 Å². The van der Waals surface area contributed by atoms with Gasteiger partial charge < -0.3 is 5.11 Å². The van der Waals surface area contributed by atoms with Crippen LogP contribution in [-0.2, 0) is 4.79 Å². The summed E-state index contributed by atoms with van der Waals surface area (Å²) in [7, 11) is 0. The molecule has 0 spiro atoms. The first-order valence-corrected chi connectivity index (χ1v) is 10.6. The first-order chi connectivity index (χ1) is 12.2. The highest BCUT2D eigenvalue weighted by atomic mass is 16.4. The second kappa shape index (κ2) is 5.95. The minimum Gasteiger partial charge on any atom is -0.477 e. The summed E-state index contributed by atoms with van der Waals surface area (Å²) in [5.41, 5.74) is 4.26. The second-order valence-electron chi connectivity index (χ2n) is 10.7. The summed E-state index contributed by atoms with van der Waals surface area (Å²) in [6, 6.07) is 0. The van der Waals surface area contributed by atoms with Gasteiger partial charge in [0.2, 0.25) is 0 Å². The largest absolute Gasteiger partial charge is 0.477 e. The Morgan fingerprint density at radius 1 is 1.15 bits per heavy atom. The van der Waals surface area contributed by atoms with Gasteiger partial charge in [-0.1, -0.05) is 34.1 Å². The molecule has 0 aromatic carbocycles. The third-order valence-corrected chi connectivity index (χ3v) is 8.78. The van der Waals surface area contributed by atoms with Crippen molar-refractivity contribution in [1.82, 2.24) is 0 Å². The van der Waals surface area contributed by atoms with E-state index in [1.165, 1.54) is 44.1 Å². The first kappa shape index (κ1) is 18.3. The van der Waals surface area contributed by atoms with Crippen LogP contribution < -0.4 is 4.90 Å². The molecule has 3 aliphatic carbocycles. The van der Waals surface area contributed by atoms with Crippen molar-refractivity contribution >= 4 is 5.97 Å². The zero-order valence-corrected chi connectivity index (χ0v) is 17.0. The number of carboxylic acid groups (broad SMARTS) is 1. The summed E-state index contributed by atoms with van der Waals surface area (Å²) in [6.45, 7) is 11.2. The highest BCUT2D eigenvalue weighted by molar-refractivity contribution is 5.67. The number of hydrogen-bond donors (Lipinski definition) is 2. The Hall–Kier alpha value is -1.09. The summed E-state index contributed by atoms with van der Waals surface area (Å²) in [5.74, 6) is 0.925. The maximum atomic E-state index is 11.1. The van der Waals surface area contributed by atoms with Gasteiger partial charge in [-0.05, 0) is 78.3 Å². The summed E-state index contributed by atoms with van der Waals surface area (Å²) in [6.07, 6.45) is 13.9. The Morgan fingerprint density at radius 3 is 2.65 bits per heavy atom. The quantitative estimate of drug-likeness (QED) is 0.788. The van der Waals surface area contributed by atoms with E-state index in [4.69, 9.17) is 5.11 Å². The minimum absolute atomic E-state index is 0.196. The van der Waals surface area contributed by atoms with Crippen LogP contribution in [-0.4, -0.2) is 24.2 Å². The van der Waals surface area contributed by atoms with Crippen molar-refractivity contribution in [2.75, 3.05) is 13.1 Å². The van der Waals surface area contributed by atoms with Crippen LogP contribution in [0.2, 0.25) is 0 Å². The highest BCUT2D eigenvalue weighted by Gasteiger charge is 2.60. The Balaban J connectivity index is 1.66. The number of quaternary nitrogens is 1. The molecule has 4 rings (SSSR count). The van der Waals surface area contributed by atoms with Crippen LogP contribution in [0.15, 0.2) is 23.4 Å². The van der Waals surface area contributed by atoms with Crippen molar-refractivity contribution in [3.8, 4) is 0 Å². The lowest BCUT2D eigenvalue weighted by atomic mass is 9.40. The molecule has 0 bridgehead atoms. The van der Waals surface area contributed by atoms with Gasteiger partial charge in [-0.15, -0.1) is 0 Å². The molecule has 3 fully saturated rings. The lowest BCUT2D eigenvalue weighted by molar-refractivity contribution is -0.833. The molecule has 0 aromatic heterocycles. The Kier molecular flexibility index (Phi) is 4.19. The van der Waals surface area contributed by atoms with Crippen molar-refractivity contribution < 1.29 is 14.8 Å². The molecule has 3 saturated carbocycles. The maximum absolute atomic E-state index is 11.1. The lowest BCUT2D eigenvalue weighted by Gasteiger charge is -2.64. The van der Waals surface area contributed by atoms with Gasteiger partial charge in [-0.25, -0.2) is 4.79 Å². The maximum Gasteiger partial charge on any atom is 0.359 e. The third-order valence-electron chi connectivity index (χ3n) is 8.78. The van der Waals surface area contributed by atoms with E-state index in [-0.39, 0.29) is 12.0 Å². The van der Waals surface area contributed by atoms with Crippen LogP contribution in [0.3, 0.4) is 0 Å². The number of carbonyl (C=O) groups is 1. The molecule has 3 nitrogen and oxygen atoms in total. The summed E-state index contributed by atoms with van der Waals surface area (Å²) in [5, 5.41) is 9.14. The Bertz CT molecular complexity index is 676. The average molecular weight is 359 g/mol. The van der Waals surface area contributed by atoms with Gasteiger partial charge >= 0.3 is 5.97 Å². The van der Waals surface area contributed by atoms with E-state index in [0.29, 0.717) is 10.8 Å². The summed E-state index contributed by atoms with van der Waals surface area (Å²) >= 11 is 0. The predicted octanol–water partition coefficient (Wildman–Crippen LogP) is 3.82. The van der Waals surface area contributed by atoms with Crippen molar-refractivity contribution in [3.05, 3.63) is 23.4 Å².